The van der Waals surface area contributed by atoms with Crippen LogP contribution >= 0.6 is 15.9 Å². The van der Waals surface area contributed by atoms with E-state index in [2.05, 4.69) is 21.2 Å². The van der Waals surface area contributed by atoms with Gasteiger partial charge in [0.15, 0.2) is 0 Å². The van der Waals surface area contributed by atoms with E-state index in [1.54, 1.807) is 37.3 Å². The first-order valence-electron chi connectivity index (χ1n) is 9.44. The van der Waals surface area contributed by atoms with Gasteiger partial charge < -0.3 is 5.32 Å². The fraction of sp³-hybridized carbons (Fsp3) is 0.350. The maximum atomic E-state index is 12.7. The Bertz CT molecular complexity index is 1050. The van der Waals surface area contributed by atoms with Crippen LogP contribution in [0.3, 0.4) is 0 Å². The largest absolute Gasteiger partial charge is 0.325 e. The van der Waals surface area contributed by atoms with Crippen molar-refractivity contribution in [1.82, 2.24) is 4.31 Å². The van der Waals surface area contributed by atoms with Crippen LogP contribution in [0.15, 0.2) is 46.9 Å². The van der Waals surface area contributed by atoms with Gasteiger partial charge in [-0.25, -0.2) is 12.7 Å². The molecule has 1 N–H and O–H groups in total. The molecule has 1 aliphatic heterocycles. The highest BCUT2D eigenvalue weighted by atomic mass is 79.9. The maximum Gasteiger partial charge on any atom is 0.274 e. The summed E-state index contributed by atoms with van der Waals surface area (Å²) in [5.74, 6) is -0.671. The summed E-state index contributed by atoms with van der Waals surface area (Å²) < 4.78 is 27.7. The fourth-order valence-corrected chi connectivity index (χ4v) is 5.30. The first kappa shape index (κ1) is 22.4. The van der Waals surface area contributed by atoms with Crippen LogP contribution in [0.5, 0.6) is 0 Å². The lowest BCUT2D eigenvalue weighted by Gasteiger charge is -2.30. The van der Waals surface area contributed by atoms with Crippen molar-refractivity contribution in [3.8, 4) is 0 Å². The summed E-state index contributed by atoms with van der Waals surface area (Å²) in [5.41, 5.74) is 1.45. The molecule has 0 bridgehead atoms. The Morgan fingerprint density at radius 2 is 1.83 bits per heavy atom. The second-order valence-corrected chi connectivity index (χ2v) is 10.1. The number of nitrogens with zero attached hydrogens (tertiary/aromatic N) is 2. The third kappa shape index (κ3) is 5.24. The van der Waals surface area contributed by atoms with Crippen LogP contribution in [0.2, 0.25) is 0 Å². The standard InChI is InChI=1S/C20H22BrN3O5S/c1-14-18(3-2-4-19(14)24(26)27)22-20(25)16-9-11-23(12-10-16)30(28,29)13-15-5-7-17(21)8-6-15/h2-8,16H,9-13H2,1H3,(H,22,25). The number of sulfonamides is 1. The molecule has 0 aliphatic carbocycles. The Kier molecular flexibility index (Phi) is 6.89. The molecule has 1 heterocycles. The first-order valence-corrected chi connectivity index (χ1v) is 11.8. The van der Waals surface area contributed by atoms with Crippen LogP contribution in [-0.2, 0) is 20.6 Å². The van der Waals surface area contributed by atoms with Gasteiger partial charge in [-0.3, -0.25) is 14.9 Å². The Morgan fingerprint density at radius 1 is 1.20 bits per heavy atom. The van der Waals surface area contributed by atoms with Crippen LogP contribution < -0.4 is 5.32 Å². The molecule has 30 heavy (non-hydrogen) atoms. The van der Waals surface area contributed by atoms with Crippen molar-refractivity contribution < 1.29 is 18.1 Å². The summed E-state index contributed by atoms with van der Waals surface area (Å²) in [4.78, 5) is 23.2. The number of carbonyl (C=O) groups is 1. The number of nitro groups is 1. The molecule has 10 heteroatoms. The van der Waals surface area contributed by atoms with E-state index in [1.807, 2.05) is 0 Å². The Morgan fingerprint density at radius 3 is 2.43 bits per heavy atom. The van der Waals surface area contributed by atoms with Crippen LogP contribution in [0.4, 0.5) is 11.4 Å². The summed E-state index contributed by atoms with van der Waals surface area (Å²) in [7, 11) is -3.47. The number of piperidine rings is 1. The molecule has 0 spiro atoms. The number of amides is 1. The summed E-state index contributed by atoms with van der Waals surface area (Å²) >= 11 is 3.33. The second-order valence-electron chi connectivity index (χ2n) is 7.25. The van der Waals surface area contributed by atoms with E-state index < -0.39 is 14.9 Å². The molecular formula is C20H22BrN3O5S. The minimum absolute atomic E-state index is 0.0540. The number of halogens is 1. The average molecular weight is 496 g/mol. The maximum absolute atomic E-state index is 12.7. The number of nitro benzene ring substituents is 1. The van der Waals surface area contributed by atoms with E-state index in [-0.39, 0.29) is 36.4 Å². The van der Waals surface area contributed by atoms with Gasteiger partial charge in [-0.2, -0.15) is 0 Å². The molecule has 8 nitrogen and oxygen atoms in total. The normalized spacial score (nSPS) is 15.7. The molecule has 0 unspecified atom stereocenters. The van der Waals surface area contributed by atoms with E-state index >= 15 is 0 Å². The van der Waals surface area contributed by atoms with Crippen LogP contribution in [0.25, 0.3) is 0 Å². The fourth-order valence-electron chi connectivity index (χ4n) is 3.47. The minimum Gasteiger partial charge on any atom is -0.325 e. The van der Waals surface area contributed by atoms with Crippen LogP contribution in [-0.4, -0.2) is 36.6 Å². The minimum atomic E-state index is -3.47. The van der Waals surface area contributed by atoms with Gasteiger partial charge in [0.2, 0.25) is 15.9 Å². The number of nitrogens with one attached hydrogen (secondary N) is 1. The molecule has 0 aromatic heterocycles. The summed E-state index contributed by atoms with van der Waals surface area (Å²) in [6.07, 6.45) is 0.804. The van der Waals surface area contributed by atoms with Gasteiger partial charge in [-0.15, -0.1) is 0 Å². The molecule has 2 aromatic carbocycles. The van der Waals surface area contributed by atoms with E-state index in [4.69, 9.17) is 0 Å². The SMILES string of the molecule is Cc1c(NC(=O)C2CCN(S(=O)(=O)Cc3ccc(Br)cc3)CC2)cccc1[N+](=O)[O-]. The third-order valence-corrected chi connectivity index (χ3v) is 7.62. The molecule has 0 radical (unpaired) electrons. The number of hydrogen-bond donors (Lipinski definition) is 1. The number of rotatable bonds is 6. The van der Waals surface area contributed by atoms with E-state index in [0.29, 0.717) is 29.7 Å². The zero-order valence-corrected chi connectivity index (χ0v) is 18.8. The molecule has 1 amide bonds. The second kappa shape index (κ2) is 9.23. The Hall–Kier alpha value is -2.30. The average Bonchev–Trinajstić information content (AvgIpc) is 2.71. The quantitative estimate of drug-likeness (QED) is 0.483. The van der Waals surface area contributed by atoms with Gasteiger partial charge in [0, 0.05) is 29.5 Å². The summed E-state index contributed by atoms with van der Waals surface area (Å²) in [5, 5.41) is 13.8. The Balaban J connectivity index is 1.60. The molecule has 1 aliphatic rings. The van der Waals surface area contributed by atoms with Crippen molar-refractivity contribution in [3.05, 3.63) is 68.2 Å². The third-order valence-electron chi connectivity index (χ3n) is 5.24. The molecule has 1 fully saturated rings. The number of benzene rings is 2. The topological polar surface area (TPSA) is 110 Å². The molecule has 2 aromatic rings. The molecule has 160 valence electrons. The van der Waals surface area contributed by atoms with Gasteiger partial charge in [-0.05, 0) is 43.5 Å². The lowest BCUT2D eigenvalue weighted by atomic mass is 9.97. The highest BCUT2D eigenvalue weighted by Gasteiger charge is 2.31. The van der Waals surface area contributed by atoms with Crippen molar-refractivity contribution in [1.29, 1.82) is 0 Å². The molecule has 0 atom stereocenters. The zero-order chi connectivity index (χ0) is 21.9. The lowest BCUT2D eigenvalue weighted by Crippen LogP contribution is -2.41. The Labute approximate surface area is 183 Å². The van der Waals surface area contributed by atoms with E-state index in [0.717, 1.165) is 4.47 Å². The highest BCUT2D eigenvalue weighted by Crippen LogP contribution is 2.27. The van der Waals surface area contributed by atoms with Crippen LogP contribution in [0, 0.1) is 23.0 Å². The summed E-state index contributed by atoms with van der Waals surface area (Å²) in [6.45, 7) is 2.13. The van der Waals surface area contributed by atoms with Crippen LogP contribution in [0.1, 0.15) is 24.0 Å². The smallest absolute Gasteiger partial charge is 0.274 e. The van der Waals surface area contributed by atoms with Gasteiger partial charge >= 0.3 is 0 Å². The van der Waals surface area contributed by atoms with Crippen molar-refractivity contribution in [2.24, 2.45) is 5.92 Å². The predicted octanol–water partition coefficient (Wildman–Crippen LogP) is 3.85. The van der Waals surface area contributed by atoms with Gasteiger partial charge in [-0.1, -0.05) is 34.1 Å². The predicted molar refractivity (Wildman–Crippen MR) is 118 cm³/mol. The molecule has 3 rings (SSSR count). The van der Waals surface area contributed by atoms with E-state index in [1.165, 1.54) is 16.4 Å². The van der Waals surface area contributed by atoms with Crippen molar-refractivity contribution in [3.63, 3.8) is 0 Å². The molecular weight excluding hydrogens is 474 g/mol. The number of carbonyl (C=O) groups excluding carboxylic acids is 1. The monoisotopic (exact) mass is 495 g/mol. The summed E-state index contributed by atoms with van der Waals surface area (Å²) in [6, 6.07) is 11.7. The van der Waals surface area contributed by atoms with Crippen molar-refractivity contribution >= 4 is 43.2 Å². The van der Waals surface area contributed by atoms with Crippen molar-refractivity contribution in [2.75, 3.05) is 18.4 Å². The zero-order valence-electron chi connectivity index (χ0n) is 16.4. The van der Waals surface area contributed by atoms with Gasteiger partial charge in [0.05, 0.1) is 21.9 Å². The highest BCUT2D eigenvalue weighted by molar-refractivity contribution is 9.10. The molecule has 0 saturated carbocycles. The first-order chi connectivity index (χ1) is 14.2. The number of hydrogen-bond acceptors (Lipinski definition) is 5. The van der Waals surface area contributed by atoms with Crippen molar-refractivity contribution in [2.45, 2.75) is 25.5 Å². The molecule has 1 saturated heterocycles. The van der Waals surface area contributed by atoms with E-state index in [9.17, 15) is 23.3 Å². The van der Waals surface area contributed by atoms with Gasteiger partial charge in [0.25, 0.3) is 5.69 Å². The van der Waals surface area contributed by atoms with Gasteiger partial charge in [0.1, 0.15) is 0 Å². The lowest BCUT2D eigenvalue weighted by molar-refractivity contribution is -0.385. The number of anilines is 1.